The highest BCUT2D eigenvalue weighted by Crippen LogP contribution is 2.14. The van der Waals surface area contributed by atoms with Crippen molar-refractivity contribution in [3.8, 4) is 0 Å². The van der Waals surface area contributed by atoms with Crippen LogP contribution in [-0.2, 0) is 25.5 Å². The Morgan fingerprint density at radius 1 is 0.952 bits per heavy atom. The van der Waals surface area contributed by atoms with E-state index < -0.39 is 17.9 Å². The van der Waals surface area contributed by atoms with Crippen LogP contribution in [0, 0.1) is 5.92 Å². The monoisotopic (exact) mass is 292 g/mol. The molecule has 4 nitrogen and oxygen atoms in total. The molecule has 1 aromatic rings. The Bertz CT molecular complexity index is 408. The molecule has 116 valence electrons. The van der Waals surface area contributed by atoms with E-state index >= 15 is 0 Å². The summed E-state index contributed by atoms with van der Waals surface area (Å²) in [4.78, 5) is 24.0. The second kappa shape index (κ2) is 9.97. The van der Waals surface area contributed by atoms with E-state index in [1.807, 2.05) is 44.2 Å². The van der Waals surface area contributed by atoms with Gasteiger partial charge in [-0.1, -0.05) is 44.2 Å². The molecule has 0 N–H and O–H groups in total. The van der Waals surface area contributed by atoms with Crippen LogP contribution in [0.5, 0.6) is 0 Å². The SMILES string of the molecule is CCCOC(=O)C(CCc1ccccc1)C(=O)OCCC. The predicted octanol–water partition coefficient (Wildman–Crippen LogP) is 3.14. The van der Waals surface area contributed by atoms with Gasteiger partial charge in [0.15, 0.2) is 5.92 Å². The number of carbonyl (C=O) groups is 2. The summed E-state index contributed by atoms with van der Waals surface area (Å²) in [5.74, 6) is -1.79. The molecule has 0 saturated carbocycles. The maximum absolute atomic E-state index is 12.0. The van der Waals surface area contributed by atoms with E-state index in [0.29, 0.717) is 26.1 Å². The van der Waals surface area contributed by atoms with Gasteiger partial charge in [0, 0.05) is 0 Å². The number of carbonyl (C=O) groups excluding carboxylic acids is 2. The van der Waals surface area contributed by atoms with Crippen LogP contribution in [0.1, 0.15) is 38.7 Å². The predicted molar refractivity (Wildman–Crippen MR) is 80.8 cm³/mol. The number of hydrogen-bond donors (Lipinski definition) is 0. The lowest BCUT2D eigenvalue weighted by Gasteiger charge is -2.15. The average Bonchev–Trinajstić information content (AvgIpc) is 2.52. The lowest BCUT2D eigenvalue weighted by molar-refractivity contribution is -0.162. The summed E-state index contributed by atoms with van der Waals surface area (Å²) < 4.78 is 10.2. The second-order valence-electron chi connectivity index (χ2n) is 4.91. The minimum absolute atomic E-state index is 0.335. The Morgan fingerprint density at radius 3 is 1.95 bits per heavy atom. The van der Waals surface area contributed by atoms with E-state index in [2.05, 4.69) is 0 Å². The summed E-state index contributed by atoms with van der Waals surface area (Å²) in [7, 11) is 0. The molecule has 1 aromatic carbocycles. The largest absolute Gasteiger partial charge is 0.465 e. The van der Waals surface area contributed by atoms with Gasteiger partial charge in [-0.3, -0.25) is 9.59 Å². The molecule has 1 rings (SSSR count). The minimum atomic E-state index is -0.830. The van der Waals surface area contributed by atoms with Gasteiger partial charge in [-0.05, 0) is 31.2 Å². The van der Waals surface area contributed by atoms with E-state index in [0.717, 1.165) is 18.4 Å². The van der Waals surface area contributed by atoms with E-state index in [1.54, 1.807) is 0 Å². The van der Waals surface area contributed by atoms with Crippen LogP contribution in [-0.4, -0.2) is 25.2 Å². The summed E-state index contributed by atoms with van der Waals surface area (Å²) in [5.41, 5.74) is 1.09. The third-order valence-corrected chi connectivity index (χ3v) is 3.03. The highest BCUT2D eigenvalue weighted by molar-refractivity contribution is 5.94. The number of ether oxygens (including phenoxy) is 2. The molecule has 0 amide bonds. The van der Waals surface area contributed by atoms with E-state index in [9.17, 15) is 9.59 Å². The van der Waals surface area contributed by atoms with Crippen molar-refractivity contribution in [2.45, 2.75) is 39.5 Å². The molecule has 0 radical (unpaired) electrons. The quantitative estimate of drug-likeness (QED) is 0.518. The topological polar surface area (TPSA) is 52.6 Å². The van der Waals surface area contributed by atoms with Crippen LogP contribution in [0.25, 0.3) is 0 Å². The van der Waals surface area contributed by atoms with Gasteiger partial charge < -0.3 is 9.47 Å². The first kappa shape index (κ1) is 17.2. The van der Waals surface area contributed by atoms with Gasteiger partial charge in [-0.15, -0.1) is 0 Å². The van der Waals surface area contributed by atoms with Gasteiger partial charge in [0.05, 0.1) is 13.2 Å². The van der Waals surface area contributed by atoms with Gasteiger partial charge in [-0.25, -0.2) is 0 Å². The maximum atomic E-state index is 12.0. The van der Waals surface area contributed by atoms with Crippen molar-refractivity contribution in [3.63, 3.8) is 0 Å². The zero-order chi connectivity index (χ0) is 15.5. The Kier molecular flexibility index (Phi) is 8.17. The summed E-state index contributed by atoms with van der Waals surface area (Å²) in [6.07, 6.45) is 2.53. The molecule has 0 aromatic heterocycles. The second-order valence-corrected chi connectivity index (χ2v) is 4.91. The molecule has 0 spiro atoms. The van der Waals surface area contributed by atoms with E-state index in [-0.39, 0.29) is 0 Å². The number of hydrogen-bond acceptors (Lipinski definition) is 4. The van der Waals surface area contributed by atoms with Crippen LogP contribution in [0.3, 0.4) is 0 Å². The molecule has 0 aliphatic carbocycles. The molecule has 0 aliphatic heterocycles. The molecule has 21 heavy (non-hydrogen) atoms. The zero-order valence-corrected chi connectivity index (χ0v) is 12.8. The minimum Gasteiger partial charge on any atom is -0.465 e. The van der Waals surface area contributed by atoms with Gasteiger partial charge in [-0.2, -0.15) is 0 Å². The molecule has 0 fully saturated rings. The highest BCUT2D eigenvalue weighted by atomic mass is 16.6. The van der Waals surface area contributed by atoms with Crippen LogP contribution in [0.4, 0.5) is 0 Å². The van der Waals surface area contributed by atoms with Crippen LogP contribution >= 0.6 is 0 Å². The molecule has 0 heterocycles. The van der Waals surface area contributed by atoms with Crippen molar-refractivity contribution in [3.05, 3.63) is 35.9 Å². The molecule has 0 saturated heterocycles. The van der Waals surface area contributed by atoms with E-state index in [1.165, 1.54) is 0 Å². The number of aryl methyl sites for hydroxylation is 1. The standard InChI is InChI=1S/C17H24O4/c1-3-12-20-16(18)15(17(19)21-13-4-2)11-10-14-8-6-5-7-9-14/h5-9,15H,3-4,10-13H2,1-2H3. The number of esters is 2. The summed E-state index contributed by atoms with van der Waals surface area (Å²) in [6, 6.07) is 9.77. The molecule has 0 atom stereocenters. The number of benzene rings is 1. The van der Waals surface area contributed by atoms with Gasteiger partial charge in [0.25, 0.3) is 0 Å². The third-order valence-electron chi connectivity index (χ3n) is 3.03. The lowest BCUT2D eigenvalue weighted by atomic mass is 9.99. The first-order valence-electron chi connectivity index (χ1n) is 7.56. The van der Waals surface area contributed by atoms with E-state index in [4.69, 9.17) is 9.47 Å². The van der Waals surface area contributed by atoms with Crippen molar-refractivity contribution in [2.24, 2.45) is 5.92 Å². The summed E-state index contributed by atoms with van der Waals surface area (Å²) in [5, 5.41) is 0. The zero-order valence-electron chi connectivity index (χ0n) is 12.8. The lowest BCUT2D eigenvalue weighted by Crippen LogP contribution is -2.29. The molecule has 0 bridgehead atoms. The molecule has 0 unspecified atom stereocenters. The first-order valence-corrected chi connectivity index (χ1v) is 7.56. The van der Waals surface area contributed by atoms with Crippen molar-refractivity contribution < 1.29 is 19.1 Å². The fourth-order valence-corrected chi connectivity index (χ4v) is 1.89. The Labute approximate surface area is 126 Å². The summed E-state index contributed by atoms with van der Waals surface area (Å²) in [6.45, 7) is 4.51. The normalized spacial score (nSPS) is 10.4. The maximum Gasteiger partial charge on any atom is 0.320 e. The Balaban J connectivity index is 2.62. The van der Waals surface area contributed by atoms with Crippen LogP contribution in [0.2, 0.25) is 0 Å². The fourth-order valence-electron chi connectivity index (χ4n) is 1.89. The fraction of sp³-hybridized carbons (Fsp3) is 0.529. The van der Waals surface area contributed by atoms with Crippen molar-refractivity contribution in [1.82, 2.24) is 0 Å². The first-order chi connectivity index (χ1) is 10.2. The van der Waals surface area contributed by atoms with Crippen molar-refractivity contribution in [2.75, 3.05) is 13.2 Å². The average molecular weight is 292 g/mol. The highest BCUT2D eigenvalue weighted by Gasteiger charge is 2.29. The van der Waals surface area contributed by atoms with Gasteiger partial charge >= 0.3 is 11.9 Å². The van der Waals surface area contributed by atoms with Crippen LogP contribution < -0.4 is 0 Å². The van der Waals surface area contributed by atoms with Crippen molar-refractivity contribution >= 4 is 11.9 Å². The van der Waals surface area contributed by atoms with Gasteiger partial charge in [0.1, 0.15) is 0 Å². The molecular weight excluding hydrogens is 268 g/mol. The Hall–Kier alpha value is -1.84. The van der Waals surface area contributed by atoms with Gasteiger partial charge in [0.2, 0.25) is 0 Å². The Morgan fingerprint density at radius 2 is 1.48 bits per heavy atom. The molecule has 4 heteroatoms. The smallest absolute Gasteiger partial charge is 0.320 e. The molecular formula is C17H24O4. The van der Waals surface area contributed by atoms with Crippen LogP contribution in [0.15, 0.2) is 30.3 Å². The summed E-state index contributed by atoms with van der Waals surface area (Å²) >= 11 is 0. The number of rotatable bonds is 9. The van der Waals surface area contributed by atoms with Crippen molar-refractivity contribution in [1.29, 1.82) is 0 Å². The molecule has 0 aliphatic rings. The third kappa shape index (κ3) is 6.43.